The van der Waals surface area contributed by atoms with Crippen LogP contribution in [-0.2, 0) is 0 Å². The molecule has 0 radical (unpaired) electrons. The number of amides is 1. The van der Waals surface area contributed by atoms with E-state index in [1.54, 1.807) is 13.2 Å². The maximum Gasteiger partial charge on any atom is 0.267 e. The molecule has 1 N–H and O–H groups in total. The van der Waals surface area contributed by atoms with E-state index < -0.39 is 0 Å². The Kier molecular flexibility index (Phi) is 4.32. The average Bonchev–Trinajstić information content (AvgIpc) is 3.32. The number of aromatic nitrogens is 1. The van der Waals surface area contributed by atoms with Gasteiger partial charge in [-0.2, -0.15) is 0 Å². The molecular weight excluding hydrogens is 424 g/mol. The number of methoxy groups -OCH3 is 1. The molecule has 0 aliphatic carbocycles. The minimum absolute atomic E-state index is 0.178. The fourth-order valence-electron chi connectivity index (χ4n) is 2.36. The number of para-hydroxylation sites is 1. The first kappa shape index (κ1) is 16.3. The quantitative estimate of drug-likeness (QED) is 0.451. The van der Waals surface area contributed by atoms with E-state index in [0.717, 1.165) is 9.17 Å². The Hall–Kier alpha value is -2.16. The summed E-state index contributed by atoms with van der Waals surface area (Å²) in [5.74, 6) is 1.13. The third-order valence-electron chi connectivity index (χ3n) is 3.50. The Labute approximate surface area is 159 Å². The van der Waals surface area contributed by atoms with Crippen molar-refractivity contribution in [3.05, 3.63) is 50.4 Å². The first-order valence-corrected chi connectivity index (χ1v) is 9.72. The highest BCUT2D eigenvalue weighted by Crippen LogP contribution is 2.34. The van der Waals surface area contributed by atoms with Gasteiger partial charge in [-0.05, 0) is 40.2 Å². The van der Waals surface area contributed by atoms with Crippen LogP contribution in [0.2, 0.25) is 0 Å². The molecule has 1 amide bonds. The predicted molar refractivity (Wildman–Crippen MR) is 104 cm³/mol. The first-order valence-electron chi connectivity index (χ1n) is 7.23. The molecule has 4 aromatic rings. The number of ether oxygens (including phenoxy) is 1. The predicted octanol–water partition coefficient (Wildman–Crippen LogP) is 5.64. The Balaban J connectivity index is 1.60. The van der Waals surface area contributed by atoms with Gasteiger partial charge in [-0.25, -0.2) is 4.98 Å². The van der Waals surface area contributed by atoms with E-state index in [-0.39, 0.29) is 5.91 Å². The monoisotopic (exact) mass is 434 g/mol. The maximum atomic E-state index is 12.2. The molecule has 3 heterocycles. The third kappa shape index (κ3) is 3.20. The highest BCUT2D eigenvalue weighted by atomic mass is 79.9. The van der Waals surface area contributed by atoms with Gasteiger partial charge in [-0.15, -0.1) is 22.7 Å². The number of thiophene rings is 1. The fourth-order valence-corrected chi connectivity index (χ4v) is 4.34. The number of hydrogen-bond acceptors (Lipinski definition) is 6. The van der Waals surface area contributed by atoms with Gasteiger partial charge in [-0.3, -0.25) is 10.1 Å². The van der Waals surface area contributed by atoms with Crippen LogP contribution in [0, 0.1) is 0 Å². The highest BCUT2D eigenvalue weighted by Gasteiger charge is 2.15. The van der Waals surface area contributed by atoms with Gasteiger partial charge in [0.15, 0.2) is 22.2 Å². The molecule has 4 rings (SSSR count). The lowest BCUT2D eigenvalue weighted by Gasteiger charge is -1.98. The molecule has 126 valence electrons. The lowest BCUT2D eigenvalue weighted by Crippen LogP contribution is -2.09. The largest absolute Gasteiger partial charge is 0.493 e. The number of benzene rings is 1. The van der Waals surface area contributed by atoms with E-state index >= 15 is 0 Å². The van der Waals surface area contributed by atoms with Gasteiger partial charge in [0.05, 0.1) is 15.8 Å². The molecule has 0 bridgehead atoms. The zero-order valence-electron chi connectivity index (χ0n) is 12.9. The lowest BCUT2D eigenvalue weighted by atomic mass is 10.2. The summed E-state index contributed by atoms with van der Waals surface area (Å²) in [7, 11) is 1.61. The van der Waals surface area contributed by atoms with E-state index in [1.807, 2.05) is 35.7 Å². The summed E-state index contributed by atoms with van der Waals surface area (Å²) in [6, 6.07) is 11.2. The van der Waals surface area contributed by atoms with Crippen LogP contribution in [0.15, 0.2) is 50.0 Å². The van der Waals surface area contributed by atoms with Crippen molar-refractivity contribution in [2.24, 2.45) is 0 Å². The number of thiazole rings is 1. The molecule has 0 fully saturated rings. The zero-order chi connectivity index (χ0) is 17.4. The number of nitrogens with one attached hydrogen (secondary N) is 1. The van der Waals surface area contributed by atoms with Crippen LogP contribution in [0.25, 0.3) is 22.4 Å². The number of nitrogens with zero attached hydrogens (tertiary/aromatic N) is 1. The highest BCUT2D eigenvalue weighted by molar-refractivity contribution is 9.11. The molecule has 5 nitrogen and oxygen atoms in total. The Morgan fingerprint density at radius 3 is 2.96 bits per heavy atom. The summed E-state index contributed by atoms with van der Waals surface area (Å²) < 4.78 is 12.1. The number of halogens is 1. The number of furan rings is 1. The van der Waals surface area contributed by atoms with Crippen molar-refractivity contribution in [3.63, 3.8) is 0 Å². The molecule has 25 heavy (non-hydrogen) atoms. The average molecular weight is 435 g/mol. The van der Waals surface area contributed by atoms with Gasteiger partial charge >= 0.3 is 0 Å². The van der Waals surface area contributed by atoms with Crippen LogP contribution in [-0.4, -0.2) is 18.0 Å². The molecular formula is C17H11BrN2O3S2. The van der Waals surface area contributed by atoms with Crippen LogP contribution < -0.4 is 10.1 Å². The SMILES string of the molecule is COc1cccc2cc(-c3csc(NC(=O)c4ccc(Br)s4)n3)oc12. The van der Waals surface area contributed by atoms with Crippen LogP contribution >= 0.6 is 38.6 Å². The van der Waals surface area contributed by atoms with Crippen LogP contribution in [0.3, 0.4) is 0 Å². The number of anilines is 1. The second kappa shape index (κ2) is 6.62. The van der Waals surface area contributed by atoms with Crippen molar-refractivity contribution in [1.82, 2.24) is 4.98 Å². The minimum atomic E-state index is -0.178. The van der Waals surface area contributed by atoms with Crippen LogP contribution in [0.4, 0.5) is 5.13 Å². The fraction of sp³-hybridized carbons (Fsp3) is 0.0588. The van der Waals surface area contributed by atoms with Gasteiger partial charge in [0.25, 0.3) is 5.91 Å². The Morgan fingerprint density at radius 2 is 2.20 bits per heavy atom. The number of carbonyl (C=O) groups is 1. The summed E-state index contributed by atoms with van der Waals surface area (Å²) >= 11 is 6.08. The molecule has 8 heteroatoms. The number of fused-ring (bicyclic) bond motifs is 1. The van der Waals surface area contributed by atoms with E-state index in [9.17, 15) is 4.79 Å². The third-order valence-corrected chi connectivity index (χ3v) is 5.88. The molecule has 0 aliphatic rings. The van der Waals surface area contributed by atoms with Crippen molar-refractivity contribution < 1.29 is 13.9 Å². The van der Waals surface area contributed by atoms with E-state index in [0.29, 0.717) is 32.8 Å². The molecule has 0 spiro atoms. The molecule has 3 aromatic heterocycles. The summed E-state index contributed by atoms with van der Waals surface area (Å²) in [5.41, 5.74) is 1.35. The second-order valence-electron chi connectivity index (χ2n) is 5.09. The zero-order valence-corrected chi connectivity index (χ0v) is 16.1. The smallest absolute Gasteiger partial charge is 0.267 e. The van der Waals surface area contributed by atoms with Crippen molar-refractivity contribution in [3.8, 4) is 17.2 Å². The molecule has 0 unspecified atom stereocenters. The Morgan fingerprint density at radius 1 is 1.32 bits per heavy atom. The molecule has 0 aliphatic heterocycles. The Bertz CT molecular complexity index is 1070. The molecule has 0 saturated heterocycles. The topological polar surface area (TPSA) is 64.4 Å². The van der Waals surface area contributed by atoms with Crippen molar-refractivity contribution in [1.29, 1.82) is 0 Å². The molecule has 0 saturated carbocycles. The number of carbonyl (C=O) groups excluding carboxylic acids is 1. The summed E-state index contributed by atoms with van der Waals surface area (Å²) in [4.78, 5) is 17.3. The molecule has 1 aromatic carbocycles. The van der Waals surface area contributed by atoms with Gasteiger partial charge in [0.1, 0.15) is 5.69 Å². The minimum Gasteiger partial charge on any atom is -0.493 e. The summed E-state index contributed by atoms with van der Waals surface area (Å²) in [5, 5.41) is 6.13. The normalized spacial score (nSPS) is 11.0. The summed E-state index contributed by atoms with van der Waals surface area (Å²) in [6.45, 7) is 0. The van der Waals surface area contributed by atoms with Gasteiger partial charge in [-0.1, -0.05) is 12.1 Å². The van der Waals surface area contributed by atoms with Crippen molar-refractivity contribution in [2.75, 3.05) is 12.4 Å². The lowest BCUT2D eigenvalue weighted by molar-refractivity contribution is 0.103. The standard InChI is InChI=1S/C17H11BrN2O3S2/c1-22-11-4-2-3-9-7-12(23-15(9)11)10-8-24-17(19-10)20-16(21)13-5-6-14(18)25-13/h2-8H,1H3,(H,19,20,21). The molecule has 0 atom stereocenters. The van der Waals surface area contributed by atoms with Crippen molar-refractivity contribution in [2.45, 2.75) is 0 Å². The van der Waals surface area contributed by atoms with Crippen molar-refractivity contribution >= 4 is 60.6 Å². The van der Waals surface area contributed by atoms with Crippen LogP contribution in [0.5, 0.6) is 5.75 Å². The first-order chi connectivity index (χ1) is 12.1. The summed E-state index contributed by atoms with van der Waals surface area (Å²) in [6.07, 6.45) is 0. The number of hydrogen-bond donors (Lipinski definition) is 1. The van der Waals surface area contributed by atoms with E-state index in [2.05, 4.69) is 26.2 Å². The maximum absolute atomic E-state index is 12.2. The van der Waals surface area contributed by atoms with Gasteiger partial charge in [0, 0.05) is 10.8 Å². The van der Waals surface area contributed by atoms with Gasteiger partial charge < -0.3 is 9.15 Å². The van der Waals surface area contributed by atoms with E-state index in [4.69, 9.17) is 9.15 Å². The second-order valence-corrected chi connectivity index (χ2v) is 8.41. The van der Waals surface area contributed by atoms with Gasteiger partial charge in [0.2, 0.25) is 0 Å². The van der Waals surface area contributed by atoms with Crippen LogP contribution in [0.1, 0.15) is 9.67 Å². The number of rotatable bonds is 4. The van der Waals surface area contributed by atoms with E-state index in [1.165, 1.54) is 22.7 Å².